The van der Waals surface area contributed by atoms with Crippen molar-refractivity contribution in [3.05, 3.63) is 22.5 Å². The van der Waals surface area contributed by atoms with Gasteiger partial charge in [-0.2, -0.15) is 15.8 Å². The lowest BCUT2D eigenvalue weighted by Gasteiger charge is -2.55. The molecule has 2 heterocycles. The first-order chi connectivity index (χ1) is 8.80. The van der Waals surface area contributed by atoms with Crippen molar-refractivity contribution in [2.24, 2.45) is 17.1 Å². The lowest BCUT2D eigenvalue weighted by molar-refractivity contribution is 0.123. The molecule has 1 saturated heterocycles. The van der Waals surface area contributed by atoms with Crippen LogP contribution in [0.2, 0.25) is 0 Å². The third-order valence-corrected chi connectivity index (χ3v) is 4.05. The lowest BCUT2D eigenvalue weighted by Crippen LogP contribution is -2.61. The van der Waals surface area contributed by atoms with Crippen LogP contribution in [-0.2, 0) is 0 Å². The second kappa shape index (κ2) is 3.77. The molecular weight excluding hydrogens is 238 g/mol. The summed E-state index contributed by atoms with van der Waals surface area (Å²) >= 11 is 0. The molecule has 0 amide bonds. The van der Waals surface area contributed by atoms with Crippen molar-refractivity contribution in [2.45, 2.75) is 32.7 Å². The van der Waals surface area contributed by atoms with Gasteiger partial charge in [0, 0.05) is 17.3 Å². The van der Waals surface area contributed by atoms with E-state index in [-0.39, 0.29) is 16.9 Å². The molecule has 2 aliphatic heterocycles. The molecule has 2 unspecified atom stereocenters. The molecule has 19 heavy (non-hydrogen) atoms. The average molecular weight is 253 g/mol. The van der Waals surface area contributed by atoms with Gasteiger partial charge in [0.15, 0.2) is 0 Å². The highest BCUT2D eigenvalue weighted by molar-refractivity contribution is 5.54. The average Bonchev–Trinajstić information content (AvgIpc) is 2.27. The van der Waals surface area contributed by atoms with Gasteiger partial charge >= 0.3 is 0 Å². The van der Waals surface area contributed by atoms with Crippen LogP contribution in [-0.4, -0.2) is 5.54 Å². The van der Waals surface area contributed by atoms with Crippen LogP contribution >= 0.6 is 0 Å². The molecule has 1 aliphatic carbocycles. The predicted octanol–water partition coefficient (Wildman–Crippen LogP) is 1.43. The highest BCUT2D eigenvalue weighted by Gasteiger charge is 2.55. The van der Waals surface area contributed by atoms with Crippen LogP contribution in [0, 0.1) is 45.3 Å². The quantitative estimate of drug-likeness (QED) is 0.634. The molecule has 96 valence electrons. The molecule has 1 fully saturated rings. The molecule has 0 spiro atoms. The fraction of sp³-hybridized carbons (Fsp3) is 0.500. The van der Waals surface area contributed by atoms with Gasteiger partial charge < -0.3 is 11.1 Å². The number of nitrogens with two attached hydrogens (primary N) is 1. The summed E-state index contributed by atoms with van der Waals surface area (Å²) in [4.78, 5) is 0. The van der Waals surface area contributed by atoms with Crippen molar-refractivity contribution < 1.29 is 0 Å². The minimum absolute atomic E-state index is 0.0453. The number of nitriles is 3. The number of rotatable bonds is 0. The lowest BCUT2D eigenvalue weighted by atomic mass is 9.57. The fourth-order valence-electron chi connectivity index (χ4n) is 3.55. The molecule has 5 heteroatoms. The van der Waals surface area contributed by atoms with Crippen molar-refractivity contribution in [2.75, 3.05) is 0 Å². The van der Waals surface area contributed by atoms with E-state index in [4.69, 9.17) is 16.3 Å². The van der Waals surface area contributed by atoms with Crippen LogP contribution in [0.1, 0.15) is 27.2 Å². The summed E-state index contributed by atoms with van der Waals surface area (Å²) in [6.45, 7) is 5.98. The van der Waals surface area contributed by atoms with E-state index in [0.717, 1.165) is 6.42 Å². The van der Waals surface area contributed by atoms with E-state index in [9.17, 15) is 5.26 Å². The first-order valence-electron chi connectivity index (χ1n) is 6.03. The summed E-state index contributed by atoms with van der Waals surface area (Å²) in [6.07, 6.45) is 0.738. The molecular formula is C14H15N5. The molecule has 3 N–H and O–H groups in total. The van der Waals surface area contributed by atoms with Crippen LogP contribution in [0.25, 0.3) is 0 Å². The van der Waals surface area contributed by atoms with E-state index >= 15 is 0 Å². The van der Waals surface area contributed by atoms with Gasteiger partial charge in [0.25, 0.3) is 0 Å². The monoisotopic (exact) mass is 253 g/mol. The Morgan fingerprint density at radius 2 is 1.84 bits per heavy atom. The summed E-state index contributed by atoms with van der Waals surface area (Å²) in [5.74, 6) is -0.279. The van der Waals surface area contributed by atoms with Crippen molar-refractivity contribution in [3.8, 4) is 18.2 Å². The topological polar surface area (TPSA) is 109 Å². The minimum Gasteiger partial charge on any atom is -0.401 e. The smallest absolute Gasteiger partial charge is 0.149 e. The maximum Gasteiger partial charge on any atom is 0.149 e. The van der Waals surface area contributed by atoms with Crippen LogP contribution < -0.4 is 11.1 Å². The van der Waals surface area contributed by atoms with Crippen LogP contribution in [0.5, 0.6) is 0 Å². The Labute approximate surface area is 112 Å². The molecule has 0 aromatic heterocycles. The zero-order valence-electron chi connectivity index (χ0n) is 11.2. The predicted molar refractivity (Wildman–Crippen MR) is 68.5 cm³/mol. The summed E-state index contributed by atoms with van der Waals surface area (Å²) in [6, 6.07) is 5.98. The van der Waals surface area contributed by atoms with E-state index < -0.39 is 5.54 Å². The summed E-state index contributed by atoms with van der Waals surface area (Å²) in [7, 11) is 0. The number of nitrogens with zero attached hydrogens (tertiary/aromatic N) is 3. The standard InChI is InChI=1S/C14H15N5/c1-13(2)7-14(3)9(6-17)11(18)10(13)12(19-14)8(4-15)5-16/h10,19H,7,18H2,1-3H3. The minimum atomic E-state index is -0.606. The van der Waals surface area contributed by atoms with E-state index in [1.54, 1.807) is 0 Å². The first kappa shape index (κ1) is 13.0. The zero-order valence-corrected chi connectivity index (χ0v) is 11.2. The molecule has 2 bridgehead atoms. The van der Waals surface area contributed by atoms with E-state index in [0.29, 0.717) is 17.0 Å². The largest absolute Gasteiger partial charge is 0.401 e. The number of hydrogen-bond acceptors (Lipinski definition) is 5. The third-order valence-electron chi connectivity index (χ3n) is 4.05. The van der Waals surface area contributed by atoms with Gasteiger partial charge in [0.1, 0.15) is 17.7 Å². The number of nitrogens with one attached hydrogen (secondary N) is 1. The van der Waals surface area contributed by atoms with Crippen LogP contribution in [0.15, 0.2) is 22.5 Å². The van der Waals surface area contributed by atoms with E-state index in [1.165, 1.54) is 0 Å². The van der Waals surface area contributed by atoms with E-state index in [2.05, 4.69) is 11.4 Å². The van der Waals surface area contributed by atoms with Gasteiger partial charge in [-0.15, -0.1) is 0 Å². The molecule has 0 aromatic rings. The van der Waals surface area contributed by atoms with Gasteiger partial charge in [0.2, 0.25) is 0 Å². The number of allylic oxidation sites excluding steroid dienone is 1. The Morgan fingerprint density at radius 1 is 1.26 bits per heavy atom. The highest BCUT2D eigenvalue weighted by atomic mass is 15.1. The normalized spacial score (nSPS) is 30.9. The summed E-state index contributed by atoms with van der Waals surface area (Å²) in [5, 5.41) is 30.6. The van der Waals surface area contributed by atoms with Crippen molar-refractivity contribution in [1.82, 2.24) is 5.32 Å². The van der Waals surface area contributed by atoms with Gasteiger partial charge in [-0.3, -0.25) is 0 Å². The van der Waals surface area contributed by atoms with Gasteiger partial charge in [-0.05, 0) is 18.8 Å². The molecule has 0 saturated carbocycles. The second-order valence-corrected chi connectivity index (χ2v) is 6.01. The molecule has 5 nitrogen and oxygen atoms in total. The van der Waals surface area contributed by atoms with Gasteiger partial charge in [-0.1, -0.05) is 13.8 Å². The molecule has 2 atom stereocenters. The van der Waals surface area contributed by atoms with Crippen molar-refractivity contribution in [1.29, 1.82) is 15.8 Å². The Kier molecular flexibility index (Phi) is 2.58. The van der Waals surface area contributed by atoms with Gasteiger partial charge in [-0.25, -0.2) is 0 Å². The first-order valence-corrected chi connectivity index (χ1v) is 6.03. The summed E-state index contributed by atoms with van der Waals surface area (Å²) in [5.41, 5.74) is 6.95. The molecule has 3 aliphatic rings. The molecule has 0 aromatic carbocycles. The zero-order chi connectivity index (χ0) is 14.4. The maximum absolute atomic E-state index is 9.28. The number of fused-ring (bicyclic) bond motifs is 2. The molecule has 0 radical (unpaired) electrons. The summed E-state index contributed by atoms with van der Waals surface area (Å²) < 4.78 is 0. The Bertz CT molecular complexity index is 616. The fourth-order valence-corrected chi connectivity index (χ4v) is 3.55. The van der Waals surface area contributed by atoms with Crippen molar-refractivity contribution in [3.63, 3.8) is 0 Å². The third kappa shape index (κ3) is 1.58. The second-order valence-electron chi connectivity index (χ2n) is 6.01. The highest BCUT2D eigenvalue weighted by Crippen LogP contribution is 2.54. The number of hydrogen-bond donors (Lipinski definition) is 2. The Morgan fingerprint density at radius 3 is 2.26 bits per heavy atom. The molecule has 3 rings (SSSR count). The Hall–Kier alpha value is -2.45. The maximum atomic E-state index is 9.28. The SMILES string of the molecule is CC12CC(C)(C)C(C(N)=C1C#N)C(=C(C#N)C#N)N2. The number of piperidine rings is 1. The van der Waals surface area contributed by atoms with Gasteiger partial charge in [0.05, 0.1) is 17.2 Å². The van der Waals surface area contributed by atoms with E-state index in [1.807, 2.05) is 32.9 Å². The Balaban J connectivity index is 2.78. The van der Waals surface area contributed by atoms with Crippen molar-refractivity contribution >= 4 is 0 Å². The van der Waals surface area contributed by atoms with Crippen LogP contribution in [0.4, 0.5) is 0 Å². The van der Waals surface area contributed by atoms with Crippen LogP contribution in [0.3, 0.4) is 0 Å².